The molecule has 1 unspecified atom stereocenters. The van der Waals surface area contributed by atoms with Crippen LogP contribution >= 0.6 is 11.6 Å². The van der Waals surface area contributed by atoms with Crippen LogP contribution in [0.3, 0.4) is 0 Å². The maximum atomic E-state index is 11.7. The third-order valence-corrected chi connectivity index (χ3v) is 4.32. The van der Waals surface area contributed by atoms with Crippen molar-refractivity contribution in [3.63, 3.8) is 0 Å². The second-order valence-corrected chi connectivity index (χ2v) is 5.89. The molecule has 0 radical (unpaired) electrons. The summed E-state index contributed by atoms with van der Waals surface area (Å²) >= 11 is 5.82. The molecule has 5 heteroatoms. The van der Waals surface area contributed by atoms with E-state index in [9.17, 15) is 9.90 Å². The second kappa shape index (κ2) is 6.57. The van der Waals surface area contributed by atoms with Gasteiger partial charge in [-0.15, -0.1) is 0 Å². The first kappa shape index (κ1) is 15.3. The van der Waals surface area contributed by atoms with E-state index in [1.807, 2.05) is 0 Å². The number of hydrogen-bond donors (Lipinski definition) is 3. The maximum absolute atomic E-state index is 11.7. The first-order chi connectivity index (χ1) is 9.53. The molecule has 1 aromatic rings. The van der Waals surface area contributed by atoms with E-state index in [1.165, 1.54) is 0 Å². The molecule has 4 N–H and O–H groups in total. The van der Waals surface area contributed by atoms with Gasteiger partial charge in [-0.1, -0.05) is 43.0 Å². The Hall–Kier alpha value is -1.10. The molecule has 1 amide bonds. The van der Waals surface area contributed by atoms with E-state index in [0.29, 0.717) is 11.6 Å². The molecule has 0 aromatic heterocycles. The van der Waals surface area contributed by atoms with Crippen LogP contribution in [-0.4, -0.2) is 23.1 Å². The second-order valence-electron chi connectivity index (χ2n) is 5.46. The number of hydrogen-bond acceptors (Lipinski definition) is 3. The van der Waals surface area contributed by atoms with Crippen molar-refractivity contribution >= 4 is 17.5 Å². The lowest BCUT2D eigenvalue weighted by molar-refractivity contribution is -0.126. The van der Waals surface area contributed by atoms with Gasteiger partial charge in [-0.25, -0.2) is 0 Å². The van der Waals surface area contributed by atoms with Gasteiger partial charge in [-0.05, 0) is 30.5 Å². The van der Waals surface area contributed by atoms with Crippen molar-refractivity contribution in [3.05, 3.63) is 34.9 Å². The normalized spacial score (nSPS) is 19.5. The van der Waals surface area contributed by atoms with Crippen molar-refractivity contribution in [2.24, 2.45) is 5.73 Å². The molecule has 0 spiro atoms. The highest BCUT2D eigenvalue weighted by Gasteiger charge is 2.37. The zero-order valence-corrected chi connectivity index (χ0v) is 12.2. The van der Waals surface area contributed by atoms with Gasteiger partial charge >= 0.3 is 0 Å². The number of β-amino-alcohol motifs (C(OH)–C–C–N with tert-alkyl or cyclic N) is 1. The molecule has 0 saturated heterocycles. The number of amides is 1. The van der Waals surface area contributed by atoms with Crippen molar-refractivity contribution in [3.8, 4) is 0 Å². The molecule has 1 fully saturated rings. The van der Waals surface area contributed by atoms with E-state index in [0.717, 1.165) is 37.7 Å². The lowest BCUT2D eigenvalue weighted by Crippen LogP contribution is -2.57. The Balaban J connectivity index is 1.98. The summed E-state index contributed by atoms with van der Waals surface area (Å²) < 4.78 is 0. The molecule has 0 heterocycles. The number of nitrogens with two attached hydrogens (primary N) is 1. The molecular formula is C15H21ClN2O2. The first-order valence-corrected chi connectivity index (χ1v) is 7.40. The van der Waals surface area contributed by atoms with Crippen LogP contribution in [0.5, 0.6) is 0 Å². The molecule has 4 nitrogen and oxygen atoms in total. The summed E-state index contributed by atoms with van der Waals surface area (Å²) in [5, 5.41) is 14.0. The quantitative estimate of drug-likeness (QED) is 0.779. The zero-order valence-electron chi connectivity index (χ0n) is 11.4. The number of primary amides is 1. The Bertz CT molecular complexity index is 455. The van der Waals surface area contributed by atoms with Crippen molar-refractivity contribution in [2.45, 2.75) is 43.7 Å². The summed E-state index contributed by atoms with van der Waals surface area (Å²) in [5.74, 6) is -0.319. The van der Waals surface area contributed by atoms with Gasteiger partial charge in [0.05, 0.1) is 11.6 Å². The number of benzene rings is 1. The number of aliphatic hydroxyl groups excluding tert-OH is 1. The minimum Gasteiger partial charge on any atom is -0.387 e. The number of carbonyl (C=O) groups excluding carboxylic acids is 1. The van der Waals surface area contributed by atoms with Crippen LogP contribution in [-0.2, 0) is 4.79 Å². The third-order valence-electron chi connectivity index (χ3n) is 4.07. The molecule has 1 atom stereocenters. The number of carbonyl (C=O) groups is 1. The first-order valence-electron chi connectivity index (χ1n) is 7.02. The van der Waals surface area contributed by atoms with Crippen LogP contribution in [0.1, 0.15) is 43.8 Å². The molecule has 2 rings (SSSR count). The highest BCUT2D eigenvalue weighted by Crippen LogP contribution is 2.28. The standard InChI is InChI=1S/C15H21ClN2O2/c16-12-6-4-11(5-7-12)13(19)10-18-15(14(17)20)8-2-1-3-9-15/h4-7,13,18-19H,1-3,8-10H2,(H2,17,20). The minimum atomic E-state index is -0.676. The van der Waals surface area contributed by atoms with Gasteiger partial charge in [0.25, 0.3) is 0 Å². The predicted octanol–water partition coefficient (Wildman–Crippen LogP) is 2.15. The van der Waals surface area contributed by atoms with Gasteiger partial charge in [0.2, 0.25) is 5.91 Å². The van der Waals surface area contributed by atoms with E-state index in [-0.39, 0.29) is 5.91 Å². The van der Waals surface area contributed by atoms with Gasteiger partial charge in [-0.3, -0.25) is 4.79 Å². The zero-order chi connectivity index (χ0) is 14.6. The fourth-order valence-corrected chi connectivity index (χ4v) is 2.89. The molecule has 20 heavy (non-hydrogen) atoms. The van der Waals surface area contributed by atoms with Crippen molar-refractivity contribution < 1.29 is 9.90 Å². The van der Waals surface area contributed by atoms with E-state index in [1.54, 1.807) is 24.3 Å². The summed E-state index contributed by atoms with van der Waals surface area (Å²) in [7, 11) is 0. The highest BCUT2D eigenvalue weighted by molar-refractivity contribution is 6.30. The van der Waals surface area contributed by atoms with Crippen molar-refractivity contribution in [1.82, 2.24) is 5.32 Å². The number of halogens is 1. The summed E-state index contributed by atoms with van der Waals surface area (Å²) in [4.78, 5) is 11.7. The monoisotopic (exact) mass is 296 g/mol. The Kier molecular flexibility index (Phi) is 5.02. The molecule has 0 aliphatic heterocycles. The Labute approximate surface area is 124 Å². The lowest BCUT2D eigenvalue weighted by atomic mass is 9.81. The van der Waals surface area contributed by atoms with Crippen LogP contribution in [0.25, 0.3) is 0 Å². The number of nitrogens with one attached hydrogen (secondary N) is 1. The molecule has 1 aliphatic rings. The summed E-state index contributed by atoms with van der Waals surface area (Å²) in [6.45, 7) is 0.310. The van der Waals surface area contributed by atoms with Crippen molar-refractivity contribution in [1.29, 1.82) is 0 Å². The molecular weight excluding hydrogens is 276 g/mol. The van der Waals surface area contributed by atoms with Gasteiger partial charge in [0.1, 0.15) is 0 Å². The van der Waals surface area contributed by atoms with E-state index >= 15 is 0 Å². The van der Waals surface area contributed by atoms with Gasteiger partial charge in [-0.2, -0.15) is 0 Å². The molecule has 1 saturated carbocycles. The van der Waals surface area contributed by atoms with Crippen LogP contribution in [0.2, 0.25) is 5.02 Å². The number of rotatable bonds is 5. The SMILES string of the molecule is NC(=O)C1(NCC(O)c2ccc(Cl)cc2)CCCCC1. The fraction of sp³-hybridized carbons (Fsp3) is 0.533. The average molecular weight is 297 g/mol. The van der Waals surface area contributed by atoms with Gasteiger partial charge in [0.15, 0.2) is 0 Å². The smallest absolute Gasteiger partial charge is 0.237 e. The molecule has 0 bridgehead atoms. The third kappa shape index (κ3) is 3.51. The average Bonchev–Trinajstić information content (AvgIpc) is 2.46. The molecule has 1 aliphatic carbocycles. The Morgan fingerprint density at radius 2 is 1.90 bits per heavy atom. The summed E-state index contributed by atoms with van der Waals surface area (Å²) in [6, 6.07) is 7.05. The van der Waals surface area contributed by atoms with Crippen LogP contribution < -0.4 is 11.1 Å². The molecule has 1 aromatic carbocycles. The largest absolute Gasteiger partial charge is 0.387 e. The lowest BCUT2D eigenvalue weighted by Gasteiger charge is -2.36. The summed E-state index contributed by atoms with van der Waals surface area (Å²) in [6.07, 6.45) is 3.94. The van der Waals surface area contributed by atoms with Crippen LogP contribution in [0.4, 0.5) is 0 Å². The molecule has 110 valence electrons. The maximum Gasteiger partial charge on any atom is 0.237 e. The Morgan fingerprint density at radius 1 is 1.30 bits per heavy atom. The van der Waals surface area contributed by atoms with Crippen LogP contribution in [0.15, 0.2) is 24.3 Å². The minimum absolute atomic E-state index is 0.310. The Morgan fingerprint density at radius 3 is 2.45 bits per heavy atom. The van der Waals surface area contributed by atoms with Crippen LogP contribution in [0, 0.1) is 0 Å². The fourth-order valence-electron chi connectivity index (χ4n) is 2.76. The van der Waals surface area contributed by atoms with E-state index < -0.39 is 11.6 Å². The summed E-state index contributed by atoms with van der Waals surface area (Å²) in [5.41, 5.74) is 5.66. The topological polar surface area (TPSA) is 75.4 Å². The number of aliphatic hydroxyl groups is 1. The van der Waals surface area contributed by atoms with Gasteiger partial charge in [0, 0.05) is 11.6 Å². The highest BCUT2D eigenvalue weighted by atomic mass is 35.5. The predicted molar refractivity (Wildman–Crippen MR) is 79.4 cm³/mol. The van der Waals surface area contributed by atoms with Crippen molar-refractivity contribution in [2.75, 3.05) is 6.54 Å². The van der Waals surface area contributed by atoms with E-state index in [2.05, 4.69) is 5.32 Å². The van der Waals surface area contributed by atoms with Gasteiger partial charge < -0.3 is 16.2 Å². The van der Waals surface area contributed by atoms with E-state index in [4.69, 9.17) is 17.3 Å².